The van der Waals surface area contributed by atoms with Crippen LogP contribution in [-0.2, 0) is 16.2 Å². The van der Waals surface area contributed by atoms with E-state index in [1.165, 1.54) is 22.5 Å². The fraction of sp³-hybridized carbons (Fsp3) is 0.240. The van der Waals surface area contributed by atoms with Gasteiger partial charge in [-0.25, -0.2) is 8.42 Å². The van der Waals surface area contributed by atoms with E-state index >= 15 is 0 Å². The van der Waals surface area contributed by atoms with E-state index in [1.807, 2.05) is 0 Å². The molecule has 1 saturated heterocycles. The largest absolute Gasteiger partial charge is 0.416 e. The Morgan fingerprint density at radius 3 is 2.21 bits per heavy atom. The summed E-state index contributed by atoms with van der Waals surface area (Å²) >= 11 is 0. The second kappa shape index (κ2) is 9.60. The Bertz CT molecular complexity index is 1250. The number of carbonyl (C=O) groups is 1. The number of alkyl halides is 3. The first-order chi connectivity index (χ1) is 16.2. The van der Waals surface area contributed by atoms with Crippen LogP contribution in [0, 0.1) is 0 Å². The van der Waals surface area contributed by atoms with Crippen molar-refractivity contribution < 1.29 is 26.4 Å². The van der Waals surface area contributed by atoms with Crippen molar-refractivity contribution in [2.75, 3.05) is 13.1 Å². The number of piperidine rings is 1. The zero-order valence-electron chi connectivity index (χ0n) is 18.1. The highest BCUT2D eigenvalue weighted by molar-refractivity contribution is 7.89. The number of carbonyl (C=O) groups excluding carboxylic acids is 1. The number of nitrogens with zero attached hydrogens (tertiary/aromatic N) is 1. The Morgan fingerprint density at radius 2 is 1.56 bits per heavy atom. The smallest absolute Gasteiger partial charge is 0.347 e. The zero-order chi connectivity index (χ0) is 24.3. The van der Waals surface area contributed by atoms with Gasteiger partial charge in [0.05, 0.1) is 10.5 Å². The van der Waals surface area contributed by atoms with E-state index in [2.05, 4.69) is 5.32 Å². The van der Waals surface area contributed by atoms with Gasteiger partial charge in [-0.1, -0.05) is 54.6 Å². The molecular formula is C25H23F3N2O3S. The van der Waals surface area contributed by atoms with E-state index in [9.17, 15) is 26.4 Å². The molecule has 1 aliphatic heterocycles. The molecule has 1 amide bonds. The number of benzene rings is 3. The minimum absolute atomic E-state index is 0.0588. The Balaban J connectivity index is 1.66. The molecule has 1 fully saturated rings. The third-order valence-corrected chi connectivity index (χ3v) is 7.83. The molecule has 0 aromatic heterocycles. The summed E-state index contributed by atoms with van der Waals surface area (Å²) in [6.45, 7) is 0.0621. The van der Waals surface area contributed by atoms with Gasteiger partial charge >= 0.3 is 6.18 Å². The fourth-order valence-corrected chi connectivity index (χ4v) is 5.72. The average Bonchev–Trinajstić information content (AvgIpc) is 2.84. The maximum atomic E-state index is 13.3. The Labute approximate surface area is 196 Å². The van der Waals surface area contributed by atoms with Crippen LogP contribution < -0.4 is 5.32 Å². The summed E-state index contributed by atoms with van der Waals surface area (Å²) in [5, 5.41) is 2.87. The Hall–Kier alpha value is -3.17. The molecule has 0 spiro atoms. The normalized spacial score (nSPS) is 19.5. The van der Waals surface area contributed by atoms with Gasteiger partial charge in [-0.05, 0) is 42.3 Å². The monoisotopic (exact) mass is 488 g/mol. The topological polar surface area (TPSA) is 66.5 Å². The lowest BCUT2D eigenvalue weighted by molar-refractivity contribution is -0.137. The van der Waals surface area contributed by atoms with Crippen molar-refractivity contribution in [3.8, 4) is 0 Å². The quantitative estimate of drug-likeness (QED) is 0.567. The van der Waals surface area contributed by atoms with Crippen LogP contribution in [0.15, 0.2) is 89.8 Å². The number of halogens is 3. The lowest BCUT2D eigenvalue weighted by Gasteiger charge is -2.38. The number of rotatable bonds is 5. The minimum atomic E-state index is -4.50. The van der Waals surface area contributed by atoms with Crippen molar-refractivity contribution in [3.05, 3.63) is 102 Å². The summed E-state index contributed by atoms with van der Waals surface area (Å²) in [6, 6.07) is 20.6. The van der Waals surface area contributed by atoms with Gasteiger partial charge in [0.1, 0.15) is 0 Å². The molecule has 1 aliphatic rings. The van der Waals surface area contributed by atoms with Crippen molar-refractivity contribution in [2.24, 2.45) is 0 Å². The summed E-state index contributed by atoms with van der Waals surface area (Å²) < 4.78 is 67.6. The molecule has 9 heteroatoms. The summed E-state index contributed by atoms with van der Waals surface area (Å²) in [6.07, 6.45) is -4.25. The van der Waals surface area contributed by atoms with Gasteiger partial charge in [-0.2, -0.15) is 17.5 Å². The number of sulfonamides is 1. The molecule has 34 heavy (non-hydrogen) atoms. The predicted molar refractivity (Wildman–Crippen MR) is 122 cm³/mol. The van der Waals surface area contributed by atoms with Crippen LogP contribution in [-0.4, -0.2) is 37.8 Å². The van der Waals surface area contributed by atoms with Crippen LogP contribution >= 0.6 is 0 Å². The molecular weight excluding hydrogens is 465 g/mol. The molecule has 3 aromatic rings. The van der Waals surface area contributed by atoms with Crippen molar-refractivity contribution in [1.29, 1.82) is 0 Å². The zero-order valence-corrected chi connectivity index (χ0v) is 18.9. The van der Waals surface area contributed by atoms with Crippen LogP contribution in [0.3, 0.4) is 0 Å². The van der Waals surface area contributed by atoms with Crippen LogP contribution in [0.2, 0.25) is 0 Å². The van der Waals surface area contributed by atoms with E-state index in [-0.39, 0.29) is 24.4 Å². The third kappa shape index (κ3) is 5.15. The SMILES string of the molecule is O=C(N[C@H]1CN(S(=O)(=O)c2ccccc2)CC[C@@H]1c1cccc(C(F)(F)F)c1)c1ccccc1. The van der Waals surface area contributed by atoms with E-state index in [1.54, 1.807) is 54.6 Å². The van der Waals surface area contributed by atoms with Crippen LogP contribution in [0.4, 0.5) is 13.2 Å². The lowest BCUT2D eigenvalue weighted by atomic mass is 9.85. The second-order valence-electron chi connectivity index (χ2n) is 8.14. The van der Waals surface area contributed by atoms with Gasteiger partial charge in [-0.3, -0.25) is 4.79 Å². The standard InChI is InChI=1S/C25H23F3N2O3S/c26-25(27,28)20-11-7-10-19(16-20)22-14-15-30(34(32,33)21-12-5-2-6-13-21)17-23(22)29-24(31)18-8-3-1-4-9-18/h1-13,16,22-23H,14-15,17H2,(H,29,31)/t22-,23+/m1/s1. The number of hydrogen-bond donors (Lipinski definition) is 1. The first-order valence-corrected chi connectivity index (χ1v) is 12.2. The lowest BCUT2D eigenvalue weighted by Crippen LogP contribution is -2.53. The predicted octanol–water partition coefficient (Wildman–Crippen LogP) is 4.68. The van der Waals surface area contributed by atoms with Crippen molar-refractivity contribution in [2.45, 2.75) is 29.5 Å². The highest BCUT2D eigenvalue weighted by atomic mass is 32.2. The fourth-order valence-electron chi connectivity index (χ4n) is 4.21. The molecule has 2 atom stereocenters. The van der Waals surface area contributed by atoms with Crippen LogP contribution in [0.1, 0.15) is 33.8 Å². The summed E-state index contributed by atoms with van der Waals surface area (Å²) in [7, 11) is -3.83. The number of hydrogen-bond acceptors (Lipinski definition) is 3. The van der Waals surface area contributed by atoms with Gasteiger partial charge in [-0.15, -0.1) is 0 Å². The summed E-state index contributed by atoms with van der Waals surface area (Å²) in [5.74, 6) is -0.904. The van der Waals surface area contributed by atoms with Gasteiger partial charge in [0.2, 0.25) is 10.0 Å². The molecule has 3 aromatic carbocycles. The van der Waals surface area contributed by atoms with Gasteiger partial charge in [0, 0.05) is 30.6 Å². The Kier molecular flexibility index (Phi) is 6.77. The van der Waals surface area contributed by atoms with E-state index < -0.39 is 39.6 Å². The number of nitrogens with one attached hydrogen (secondary N) is 1. The molecule has 0 bridgehead atoms. The third-order valence-electron chi connectivity index (χ3n) is 5.95. The second-order valence-corrected chi connectivity index (χ2v) is 10.1. The molecule has 4 rings (SSSR count). The highest BCUT2D eigenvalue weighted by Crippen LogP contribution is 2.35. The van der Waals surface area contributed by atoms with E-state index in [4.69, 9.17) is 0 Å². The summed E-state index contributed by atoms with van der Waals surface area (Å²) in [4.78, 5) is 13.0. The van der Waals surface area contributed by atoms with E-state index in [0.29, 0.717) is 11.1 Å². The molecule has 5 nitrogen and oxygen atoms in total. The average molecular weight is 489 g/mol. The first-order valence-electron chi connectivity index (χ1n) is 10.7. The van der Waals surface area contributed by atoms with Gasteiger partial charge in [0.25, 0.3) is 5.91 Å². The van der Waals surface area contributed by atoms with E-state index in [0.717, 1.165) is 12.1 Å². The Morgan fingerprint density at radius 1 is 0.912 bits per heavy atom. The number of amides is 1. The van der Waals surface area contributed by atoms with Crippen LogP contribution in [0.5, 0.6) is 0 Å². The summed E-state index contributed by atoms with van der Waals surface area (Å²) in [5.41, 5.74) is 0.00995. The van der Waals surface area contributed by atoms with Gasteiger partial charge < -0.3 is 5.32 Å². The molecule has 0 saturated carbocycles. The van der Waals surface area contributed by atoms with Crippen molar-refractivity contribution in [1.82, 2.24) is 9.62 Å². The minimum Gasteiger partial charge on any atom is -0.347 e. The van der Waals surface area contributed by atoms with Crippen molar-refractivity contribution in [3.63, 3.8) is 0 Å². The maximum absolute atomic E-state index is 13.3. The van der Waals surface area contributed by atoms with Gasteiger partial charge in [0.15, 0.2) is 0 Å². The van der Waals surface area contributed by atoms with Crippen LogP contribution in [0.25, 0.3) is 0 Å². The first kappa shape index (κ1) is 24.0. The molecule has 0 radical (unpaired) electrons. The molecule has 0 unspecified atom stereocenters. The molecule has 0 aliphatic carbocycles. The highest BCUT2D eigenvalue weighted by Gasteiger charge is 2.38. The molecule has 178 valence electrons. The molecule has 1 N–H and O–H groups in total. The molecule has 1 heterocycles. The van der Waals surface area contributed by atoms with Crippen molar-refractivity contribution >= 4 is 15.9 Å². The maximum Gasteiger partial charge on any atom is 0.416 e.